The Morgan fingerprint density at radius 2 is 0.552 bits per heavy atom. The molecule has 2 aromatic heterocycles. The Balaban J connectivity index is 0.996. The molecule has 0 bridgehead atoms. The molecule has 13 aromatic rings. The van der Waals surface area contributed by atoms with Crippen LogP contribution in [0, 0.1) is 0 Å². The number of hydrogen-bond donors (Lipinski definition) is 0. The smallest absolute Gasteiger partial charge is 0.0482 e. The van der Waals surface area contributed by atoms with Crippen molar-refractivity contribution in [3.8, 4) is 0 Å². The van der Waals surface area contributed by atoms with Gasteiger partial charge in [0.2, 0.25) is 0 Å². The van der Waals surface area contributed by atoms with Gasteiger partial charge in [0.25, 0.3) is 0 Å². The van der Waals surface area contributed by atoms with Gasteiger partial charge in [-0.25, -0.2) is 0 Å². The van der Waals surface area contributed by atoms with Crippen molar-refractivity contribution >= 4 is 136 Å². The van der Waals surface area contributed by atoms with Crippen molar-refractivity contribution in [1.82, 2.24) is 0 Å². The maximum absolute atomic E-state index is 2.42. The van der Waals surface area contributed by atoms with Gasteiger partial charge in [-0.05, 0) is 149 Å². The molecule has 0 N–H and O–H groups in total. The van der Waals surface area contributed by atoms with Gasteiger partial charge in [0.15, 0.2) is 0 Å². The fourth-order valence-electron chi connectivity index (χ4n) is 9.87. The quantitative estimate of drug-likeness (QED) is 0.134. The average molecular weight is 892 g/mol. The fraction of sp³-hybridized carbons (Fsp3) is 0. The Kier molecular flexibility index (Phi) is 9.55. The third-order valence-electron chi connectivity index (χ3n) is 12.9. The van der Waals surface area contributed by atoms with Crippen molar-refractivity contribution in [2.45, 2.75) is 0 Å². The molecular weight excluding hydrogens is 851 g/mol. The normalized spacial score (nSPS) is 11.6. The van der Waals surface area contributed by atoms with E-state index in [0.29, 0.717) is 0 Å². The number of fused-ring (bicyclic) bond motifs is 9. The predicted molar refractivity (Wildman–Crippen MR) is 291 cm³/mol. The average Bonchev–Trinajstić information content (AvgIpc) is 3.95. The van der Waals surface area contributed by atoms with Crippen molar-refractivity contribution in [2.24, 2.45) is 0 Å². The van der Waals surface area contributed by atoms with Crippen LogP contribution in [0.2, 0.25) is 0 Å². The lowest BCUT2D eigenvalue weighted by molar-refractivity contribution is 1.24. The number of nitrogens with zero attached hydrogens (tertiary/aromatic N) is 3. The van der Waals surface area contributed by atoms with Gasteiger partial charge in [0.1, 0.15) is 0 Å². The maximum Gasteiger partial charge on any atom is 0.0482 e. The molecule has 0 aliphatic heterocycles. The first kappa shape index (κ1) is 39.2. The van der Waals surface area contributed by atoms with E-state index in [4.69, 9.17) is 0 Å². The number of rotatable bonds is 9. The highest BCUT2D eigenvalue weighted by molar-refractivity contribution is 7.26. The van der Waals surface area contributed by atoms with Gasteiger partial charge >= 0.3 is 0 Å². The molecule has 0 aliphatic carbocycles. The lowest BCUT2D eigenvalue weighted by atomic mass is 9.99. The lowest BCUT2D eigenvalue weighted by Crippen LogP contribution is -2.14. The number of thiophene rings is 2. The zero-order chi connectivity index (χ0) is 44.3. The van der Waals surface area contributed by atoms with Crippen LogP contribution in [-0.2, 0) is 0 Å². The highest BCUT2D eigenvalue weighted by Gasteiger charge is 2.21. The van der Waals surface area contributed by atoms with Crippen LogP contribution >= 0.6 is 22.7 Å². The zero-order valence-corrected chi connectivity index (χ0v) is 38.0. The fourth-order valence-corrected chi connectivity index (χ4v) is 12.1. The molecule has 0 unspecified atom stereocenters. The molecule has 0 spiro atoms. The largest absolute Gasteiger partial charge is 0.310 e. The van der Waals surface area contributed by atoms with Crippen molar-refractivity contribution in [1.29, 1.82) is 0 Å². The maximum atomic E-state index is 2.42. The van der Waals surface area contributed by atoms with Crippen molar-refractivity contribution in [3.63, 3.8) is 0 Å². The molecule has 11 aromatic carbocycles. The summed E-state index contributed by atoms with van der Waals surface area (Å²) in [5.74, 6) is 0. The number of anilines is 9. The number of benzene rings is 11. The van der Waals surface area contributed by atoms with Gasteiger partial charge in [-0.15, -0.1) is 22.7 Å². The monoisotopic (exact) mass is 891 g/mol. The summed E-state index contributed by atoms with van der Waals surface area (Å²) in [5.41, 5.74) is 9.71. The first-order valence-corrected chi connectivity index (χ1v) is 24.3. The van der Waals surface area contributed by atoms with Crippen molar-refractivity contribution in [2.75, 3.05) is 14.7 Å². The van der Waals surface area contributed by atoms with Crippen LogP contribution < -0.4 is 14.7 Å². The number of hydrogen-bond acceptors (Lipinski definition) is 5. The molecular formula is C62H41N3S2. The summed E-state index contributed by atoms with van der Waals surface area (Å²) in [6.45, 7) is 0. The Hall–Kier alpha value is -8.22. The molecule has 2 heterocycles. The van der Waals surface area contributed by atoms with E-state index in [1.54, 1.807) is 0 Å². The third-order valence-corrected chi connectivity index (χ3v) is 15.2. The second kappa shape index (κ2) is 16.3. The molecule has 67 heavy (non-hydrogen) atoms. The second-order valence-corrected chi connectivity index (χ2v) is 19.1. The summed E-state index contributed by atoms with van der Waals surface area (Å²) in [5, 5.41) is 10.1. The molecule has 0 radical (unpaired) electrons. The molecule has 13 rings (SSSR count). The third kappa shape index (κ3) is 6.95. The van der Waals surface area contributed by atoms with E-state index >= 15 is 0 Å². The van der Waals surface area contributed by atoms with Crippen molar-refractivity contribution < 1.29 is 0 Å². The molecule has 316 valence electrons. The van der Waals surface area contributed by atoms with E-state index in [1.165, 1.54) is 61.9 Å². The Morgan fingerprint density at radius 3 is 1.12 bits per heavy atom. The minimum Gasteiger partial charge on any atom is -0.310 e. The highest BCUT2D eigenvalue weighted by atomic mass is 32.1. The molecule has 0 amide bonds. The zero-order valence-electron chi connectivity index (χ0n) is 36.3. The molecule has 0 fully saturated rings. The molecule has 0 aliphatic rings. The van der Waals surface area contributed by atoms with Crippen LogP contribution in [0.15, 0.2) is 249 Å². The van der Waals surface area contributed by atoms with Gasteiger partial charge in [0, 0.05) is 91.5 Å². The lowest BCUT2D eigenvalue weighted by Gasteiger charge is -2.31. The van der Waals surface area contributed by atoms with Crippen LogP contribution in [0.3, 0.4) is 0 Å². The first-order valence-electron chi connectivity index (χ1n) is 22.6. The van der Waals surface area contributed by atoms with Gasteiger partial charge in [-0.1, -0.05) is 121 Å². The Morgan fingerprint density at radius 1 is 0.194 bits per heavy atom. The van der Waals surface area contributed by atoms with Crippen LogP contribution in [0.4, 0.5) is 51.2 Å². The first-order chi connectivity index (χ1) is 33.2. The van der Waals surface area contributed by atoms with E-state index in [1.807, 2.05) is 22.7 Å². The molecule has 3 nitrogen and oxygen atoms in total. The Labute approximate surface area is 396 Å². The molecule has 0 saturated heterocycles. The van der Waals surface area contributed by atoms with E-state index < -0.39 is 0 Å². The topological polar surface area (TPSA) is 9.72 Å². The summed E-state index contributed by atoms with van der Waals surface area (Å²) in [4.78, 5) is 7.15. The van der Waals surface area contributed by atoms with E-state index in [-0.39, 0.29) is 0 Å². The standard InChI is InChI=1S/C62H41N3S2/c1-4-16-44(17-5-1)63(45-18-6-2-7-19-45)47-22-14-24-49(37-47)65(52-34-35-61-57(40-52)53-26-10-12-28-59(53)66-61)50-25-15-23-48(38-50)64(46-20-8-3-9-21-46)51-33-32-42-30-31-43-36-62-58(41-56(43)55(42)39-51)54-27-11-13-29-60(54)67-62/h1-41H. The van der Waals surface area contributed by atoms with Gasteiger partial charge in [0.05, 0.1) is 0 Å². The van der Waals surface area contributed by atoms with E-state index in [2.05, 4.69) is 263 Å². The van der Waals surface area contributed by atoms with Crippen molar-refractivity contribution in [3.05, 3.63) is 249 Å². The minimum absolute atomic E-state index is 1.05. The summed E-state index contributed by atoms with van der Waals surface area (Å²) in [6.07, 6.45) is 0. The minimum atomic E-state index is 1.05. The van der Waals surface area contributed by atoms with Gasteiger partial charge in [-0.2, -0.15) is 0 Å². The van der Waals surface area contributed by atoms with Crippen LogP contribution in [0.5, 0.6) is 0 Å². The molecule has 0 saturated carbocycles. The summed E-state index contributed by atoms with van der Waals surface area (Å²) in [6, 6.07) is 90.7. The summed E-state index contributed by atoms with van der Waals surface area (Å²) in [7, 11) is 0. The van der Waals surface area contributed by atoms with Gasteiger partial charge in [-0.3, -0.25) is 0 Å². The van der Waals surface area contributed by atoms with Crippen LogP contribution in [0.25, 0.3) is 61.9 Å². The van der Waals surface area contributed by atoms with Crippen LogP contribution in [0.1, 0.15) is 0 Å². The summed E-state index contributed by atoms with van der Waals surface area (Å²) < 4.78 is 5.21. The SMILES string of the molecule is c1ccc(N(c2ccccc2)c2cccc(N(c3cccc(N(c4ccccc4)c4ccc5ccc6cc7sc8ccccc8c7cc6c5c4)c3)c3ccc4sc5ccccc5c4c3)c2)cc1. The summed E-state index contributed by atoms with van der Waals surface area (Å²) >= 11 is 3.72. The molecule has 0 atom stereocenters. The Bertz CT molecular complexity index is 3910. The predicted octanol–water partition coefficient (Wildman–Crippen LogP) is 19.1. The van der Waals surface area contributed by atoms with Gasteiger partial charge < -0.3 is 14.7 Å². The van der Waals surface area contributed by atoms with Crippen LogP contribution in [-0.4, -0.2) is 0 Å². The van der Waals surface area contributed by atoms with E-state index in [9.17, 15) is 0 Å². The number of para-hydroxylation sites is 3. The van der Waals surface area contributed by atoms with E-state index in [0.717, 1.165) is 51.2 Å². The highest BCUT2D eigenvalue weighted by Crippen LogP contribution is 2.46. The second-order valence-electron chi connectivity index (χ2n) is 17.0. The molecule has 5 heteroatoms.